The van der Waals surface area contributed by atoms with Gasteiger partial charge in [-0.05, 0) is 24.3 Å². The first-order valence-electron chi connectivity index (χ1n) is 6.72. The number of amides is 1. The van der Waals surface area contributed by atoms with Crippen LogP contribution in [0.4, 0.5) is 0 Å². The normalized spacial score (nSPS) is 12.2. The van der Waals surface area contributed by atoms with E-state index in [0.29, 0.717) is 34.5 Å². The molecule has 6 heteroatoms. The molecule has 1 aromatic carbocycles. The summed E-state index contributed by atoms with van der Waals surface area (Å²) in [4.78, 5) is 15.5. The number of para-hydroxylation sites is 1. The van der Waals surface area contributed by atoms with E-state index >= 15 is 0 Å². The molecule has 1 amide bonds. The Balaban J connectivity index is 1.86. The molecule has 22 heavy (non-hydrogen) atoms. The minimum Gasteiger partial charge on any atom is -0.454 e. The molecule has 0 unspecified atom stereocenters. The number of halogens is 1. The van der Waals surface area contributed by atoms with Gasteiger partial charge in [0, 0.05) is 11.4 Å². The molecule has 0 radical (unpaired) electrons. The first-order chi connectivity index (χ1) is 10.7. The Morgan fingerprint density at radius 2 is 2.23 bits per heavy atom. The molecule has 0 aliphatic carbocycles. The van der Waals surface area contributed by atoms with Gasteiger partial charge in [0.2, 0.25) is 6.79 Å². The van der Waals surface area contributed by atoms with Crippen LogP contribution in [0.25, 0.3) is 0 Å². The molecule has 4 nitrogen and oxygen atoms in total. The lowest BCUT2D eigenvalue weighted by atomic mass is 10.1. The van der Waals surface area contributed by atoms with E-state index in [0.717, 1.165) is 4.88 Å². The van der Waals surface area contributed by atoms with Gasteiger partial charge in [0.15, 0.2) is 11.5 Å². The second-order valence-corrected chi connectivity index (χ2v) is 6.52. The lowest BCUT2D eigenvalue weighted by Gasteiger charge is -2.21. The Labute approximate surface area is 137 Å². The van der Waals surface area contributed by atoms with Gasteiger partial charge in [0.05, 0.1) is 16.4 Å². The Bertz CT molecular complexity index is 713. The summed E-state index contributed by atoms with van der Waals surface area (Å²) in [7, 11) is 0. The summed E-state index contributed by atoms with van der Waals surface area (Å²) in [5, 5.41) is 0. The number of hydrogen-bond acceptors (Lipinski definition) is 4. The van der Waals surface area contributed by atoms with Crippen molar-refractivity contribution in [2.24, 2.45) is 0 Å². The smallest absolute Gasteiger partial charge is 0.258 e. The van der Waals surface area contributed by atoms with Crippen LogP contribution in [0.15, 0.2) is 43.0 Å². The molecule has 2 aromatic rings. The van der Waals surface area contributed by atoms with Crippen molar-refractivity contribution in [1.82, 2.24) is 4.90 Å². The summed E-state index contributed by atoms with van der Waals surface area (Å²) in [6.45, 7) is 4.79. The van der Waals surface area contributed by atoms with Crippen LogP contribution in [0, 0.1) is 0 Å². The van der Waals surface area contributed by atoms with E-state index < -0.39 is 0 Å². The highest BCUT2D eigenvalue weighted by Gasteiger charge is 2.25. The van der Waals surface area contributed by atoms with Crippen molar-refractivity contribution in [2.75, 3.05) is 13.3 Å². The van der Waals surface area contributed by atoms with Crippen LogP contribution < -0.4 is 9.47 Å². The molecule has 114 valence electrons. The van der Waals surface area contributed by atoms with Gasteiger partial charge in [-0.1, -0.05) is 23.7 Å². The zero-order valence-corrected chi connectivity index (χ0v) is 13.3. The fourth-order valence-corrected chi connectivity index (χ4v) is 3.37. The van der Waals surface area contributed by atoms with Crippen LogP contribution in [0.5, 0.6) is 11.5 Å². The monoisotopic (exact) mass is 335 g/mol. The van der Waals surface area contributed by atoms with E-state index in [1.54, 1.807) is 29.2 Å². The molecule has 2 heterocycles. The van der Waals surface area contributed by atoms with Gasteiger partial charge in [-0.2, -0.15) is 0 Å². The number of ether oxygens (including phenoxy) is 2. The van der Waals surface area contributed by atoms with Crippen LogP contribution in [0.3, 0.4) is 0 Å². The van der Waals surface area contributed by atoms with E-state index in [4.69, 9.17) is 21.1 Å². The molecule has 1 aliphatic rings. The van der Waals surface area contributed by atoms with Gasteiger partial charge in [-0.25, -0.2) is 0 Å². The average Bonchev–Trinajstić information content (AvgIpc) is 3.14. The molecule has 0 spiro atoms. The Kier molecular flexibility index (Phi) is 4.36. The van der Waals surface area contributed by atoms with Crippen LogP contribution in [0.2, 0.25) is 4.34 Å². The quantitative estimate of drug-likeness (QED) is 0.776. The zero-order valence-electron chi connectivity index (χ0n) is 11.8. The van der Waals surface area contributed by atoms with Crippen LogP contribution in [0.1, 0.15) is 15.2 Å². The number of carbonyl (C=O) groups excluding carboxylic acids is 1. The largest absolute Gasteiger partial charge is 0.454 e. The number of nitrogens with zero attached hydrogens (tertiary/aromatic N) is 1. The first-order valence-corrected chi connectivity index (χ1v) is 7.91. The molecular weight excluding hydrogens is 322 g/mol. The highest BCUT2D eigenvalue weighted by Crippen LogP contribution is 2.36. The third-order valence-electron chi connectivity index (χ3n) is 3.24. The van der Waals surface area contributed by atoms with E-state index in [1.165, 1.54) is 11.3 Å². The SMILES string of the molecule is C=CCN(Cc1ccc(Cl)s1)C(=O)c1cccc2c1OCO2. The number of thiophene rings is 1. The summed E-state index contributed by atoms with van der Waals surface area (Å²) in [6, 6.07) is 9.07. The number of fused-ring (bicyclic) bond motifs is 1. The predicted octanol–water partition coefficient (Wildman–Crippen LogP) is 3.96. The molecule has 0 atom stereocenters. The molecule has 0 saturated heterocycles. The van der Waals surface area contributed by atoms with Crippen LogP contribution in [-0.2, 0) is 6.54 Å². The van der Waals surface area contributed by atoms with Gasteiger partial charge in [-0.15, -0.1) is 17.9 Å². The van der Waals surface area contributed by atoms with Crippen molar-refractivity contribution in [3.8, 4) is 11.5 Å². The van der Waals surface area contributed by atoms with Crippen molar-refractivity contribution in [2.45, 2.75) is 6.54 Å². The topological polar surface area (TPSA) is 38.8 Å². The number of benzene rings is 1. The maximum absolute atomic E-state index is 12.8. The van der Waals surface area contributed by atoms with Gasteiger partial charge in [0.25, 0.3) is 5.91 Å². The number of hydrogen-bond donors (Lipinski definition) is 0. The van der Waals surface area contributed by atoms with Crippen molar-refractivity contribution in [3.05, 3.63) is 57.8 Å². The third-order valence-corrected chi connectivity index (χ3v) is 4.46. The summed E-state index contributed by atoms with van der Waals surface area (Å²) in [6.07, 6.45) is 1.70. The first kappa shape index (κ1) is 14.9. The van der Waals surface area contributed by atoms with E-state index in [1.807, 2.05) is 12.1 Å². The second kappa shape index (κ2) is 6.42. The molecule has 3 rings (SSSR count). The second-order valence-electron chi connectivity index (χ2n) is 4.72. The molecular formula is C16H14ClNO3S. The molecule has 0 bridgehead atoms. The highest BCUT2D eigenvalue weighted by molar-refractivity contribution is 7.16. The van der Waals surface area contributed by atoms with Crippen molar-refractivity contribution in [3.63, 3.8) is 0 Å². The van der Waals surface area contributed by atoms with Crippen molar-refractivity contribution < 1.29 is 14.3 Å². The third kappa shape index (κ3) is 2.96. The summed E-state index contributed by atoms with van der Waals surface area (Å²) in [5.41, 5.74) is 0.500. The van der Waals surface area contributed by atoms with E-state index in [9.17, 15) is 4.79 Å². The van der Waals surface area contributed by atoms with E-state index in [-0.39, 0.29) is 12.7 Å². The number of rotatable bonds is 5. The molecule has 1 aliphatic heterocycles. The van der Waals surface area contributed by atoms with Gasteiger partial charge in [-0.3, -0.25) is 4.79 Å². The standard InChI is InChI=1S/C16H14ClNO3S/c1-2-8-18(9-11-6-7-14(17)22-11)16(19)12-4-3-5-13-15(12)21-10-20-13/h2-7H,1,8-10H2. The van der Waals surface area contributed by atoms with Crippen LogP contribution in [-0.4, -0.2) is 24.1 Å². The highest BCUT2D eigenvalue weighted by atomic mass is 35.5. The lowest BCUT2D eigenvalue weighted by molar-refractivity contribution is 0.0759. The Hall–Kier alpha value is -1.98. The maximum atomic E-state index is 12.8. The van der Waals surface area contributed by atoms with Crippen molar-refractivity contribution in [1.29, 1.82) is 0 Å². The van der Waals surface area contributed by atoms with Gasteiger partial charge < -0.3 is 14.4 Å². The van der Waals surface area contributed by atoms with Gasteiger partial charge in [0.1, 0.15) is 0 Å². The average molecular weight is 336 g/mol. The minimum atomic E-state index is -0.119. The molecule has 0 fully saturated rings. The summed E-state index contributed by atoms with van der Waals surface area (Å²) in [5.74, 6) is 0.987. The fourth-order valence-electron chi connectivity index (χ4n) is 2.27. The van der Waals surface area contributed by atoms with E-state index in [2.05, 4.69) is 6.58 Å². The lowest BCUT2D eigenvalue weighted by Crippen LogP contribution is -2.30. The zero-order chi connectivity index (χ0) is 15.5. The maximum Gasteiger partial charge on any atom is 0.258 e. The fraction of sp³-hybridized carbons (Fsp3) is 0.188. The number of carbonyl (C=O) groups is 1. The molecule has 0 saturated carbocycles. The minimum absolute atomic E-state index is 0.119. The Morgan fingerprint density at radius 1 is 1.36 bits per heavy atom. The summed E-state index contributed by atoms with van der Waals surface area (Å²) >= 11 is 7.41. The van der Waals surface area contributed by atoms with Gasteiger partial charge >= 0.3 is 0 Å². The van der Waals surface area contributed by atoms with Crippen LogP contribution >= 0.6 is 22.9 Å². The predicted molar refractivity (Wildman–Crippen MR) is 86.8 cm³/mol. The summed E-state index contributed by atoms with van der Waals surface area (Å²) < 4.78 is 11.4. The Morgan fingerprint density at radius 3 is 2.95 bits per heavy atom. The molecule has 1 aromatic heterocycles. The molecule has 0 N–H and O–H groups in total. The van der Waals surface area contributed by atoms with Crippen molar-refractivity contribution >= 4 is 28.8 Å².